The maximum Gasteiger partial charge on any atom is 0.184 e. The van der Waals surface area contributed by atoms with Crippen molar-refractivity contribution < 1.29 is 4.74 Å². The minimum absolute atomic E-state index is 0.399. The zero-order chi connectivity index (χ0) is 9.10. The van der Waals surface area contributed by atoms with E-state index in [0.717, 1.165) is 35.5 Å². The van der Waals surface area contributed by atoms with Crippen molar-refractivity contribution in [1.82, 2.24) is 4.98 Å². The van der Waals surface area contributed by atoms with Gasteiger partial charge in [-0.25, -0.2) is 4.98 Å². The van der Waals surface area contributed by atoms with Gasteiger partial charge in [-0.2, -0.15) is 0 Å². The third-order valence-electron chi connectivity index (χ3n) is 1.97. The fourth-order valence-electron chi connectivity index (χ4n) is 1.35. The number of aromatic nitrogens is 1. The van der Waals surface area contributed by atoms with Crippen molar-refractivity contribution in [3.05, 3.63) is 10.5 Å². The summed E-state index contributed by atoms with van der Waals surface area (Å²) in [6.07, 6.45) is 3.94. The van der Waals surface area contributed by atoms with Crippen molar-refractivity contribution in [1.29, 1.82) is 0 Å². The van der Waals surface area contributed by atoms with Crippen LogP contribution in [-0.4, -0.2) is 24.2 Å². The Balaban J connectivity index is 1.89. The molecule has 72 valence electrons. The molecule has 0 bridgehead atoms. The van der Waals surface area contributed by atoms with Gasteiger partial charge in [0.2, 0.25) is 0 Å². The summed E-state index contributed by atoms with van der Waals surface area (Å²) >= 11 is 7.23. The van der Waals surface area contributed by atoms with Crippen molar-refractivity contribution >= 4 is 28.1 Å². The fourth-order valence-corrected chi connectivity index (χ4v) is 2.24. The number of anilines is 1. The van der Waals surface area contributed by atoms with E-state index in [9.17, 15) is 0 Å². The lowest BCUT2D eigenvalue weighted by molar-refractivity contribution is 0.0876. The highest BCUT2D eigenvalue weighted by Crippen LogP contribution is 2.24. The summed E-state index contributed by atoms with van der Waals surface area (Å²) in [7, 11) is 0. The molecule has 1 atom stereocenters. The maximum atomic E-state index is 5.76. The molecule has 0 spiro atoms. The molecule has 0 aliphatic carbocycles. The minimum atomic E-state index is 0.399. The van der Waals surface area contributed by atoms with Gasteiger partial charge in [0.1, 0.15) is 4.34 Å². The molecule has 1 saturated heterocycles. The quantitative estimate of drug-likeness (QED) is 0.828. The lowest BCUT2D eigenvalue weighted by Crippen LogP contribution is -2.29. The van der Waals surface area contributed by atoms with Crippen LogP contribution in [0.3, 0.4) is 0 Å². The highest BCUT2D eigenvalue weighted by atomic mass is 35.5. The lowest BCUT2D eigenvalue weighted by atomic mass is 10.1. The third kappa shape index (κ3) is 2.56. The molecular formula is C8H11ClN2OS. The van der Waals surface area contributed by atoms with Gasteiger partial charge in [0.05, 0.1) is 18.8 Å². The molecule has 0 saturated carbocycles. The Bertz CT molecular complexity index is 273. The summed E-state index contributed by atoms with van der Waals surface area (Å²) in [6, 6.07) is 0.399. The van der Waals surface area contributed by atoms with Gasteiger partial charge >= 0.3 is 0 Å². The molecule has 2 rings (SSSR count). The third-order valence-corrected chi connectivity index (χ3v) is 3.01. The first-order valence-corrected chi connectivity index (χ1v) is 5.49. The van der Waals surface area contributed by atoms with E-state index in [-0.39, 0.29) is 0 Å². The van der Waals surface area contributed by atoms with Crippen LogP contribution in [0.5, 0.6) is 0 Å². The number of hydrogen-bond acceptors (Lipinski definition) is 4. The predicted octanol–water partition coefficient (Wildman–Crippen LogP) is 2.39. The monoisotopic (exact) mass is 218 g/mol. The summed E-state index contributed by atoms with van der Waals surface area (Å²) < 4.78 is 6.06. The molecule has 2 heterocycles. The number of nitrogens with one attached hydrogen (secondary N) is 1. The molecule has 1 fully saturated rings. The molecule has 1 aliphatic heterocycles. The lowest BCUT2D eigenvalue weighted by Gasteiger charge is -2.22. The van der Waals surface area contributed by atoms with E-state index in [4.69, 9.17) is 16.3 Å². The Hall–Kier alpha value is -0.320. The Morgan fingerprint density at radius 2 is 2.62 bits per heavy atom. The Morgan fingerprint density at radius 1 is 1.69 bits per heavy atom. The first-order valence-electron chi connectivity index (χ1n) is 4.30. The van der Waals surface area contributed by atoms with Crippen LogP contribution in [0.15, 0.2) is 6.20 Å². The van der Waals surface area contributed by atoms with Crippen molar-refractivity contribution in [3.63, 3.8) is 0 Å². The van der Waals surface area contributed by atoms with Crippen molar-refractivity contribution in [3.8, 4) is 0 Å². The van der Waals surface area contributed by atoms with Gasteiger partial charge in [0, 0.05) is 6.61 Å². The first kappa shape index (κ1) is 9.24. The van der Waals surface area contributed by atoms with Crippen molar-refractivity contribution in [2.75, 3.05) is 18.5 Å². The molecule has 5 heteroatoms. The Kier molecular flexibility index (Phi) is 3.03. The number of hydrogen-bond donors (Lipinski definition) is 1. The molecule has 0 aromatic carbocycles. The fraction of sp³-hybridized carbons (Fsp3) is 0.625. The number of halogens is 1. The zero-order valence-corrected chi connectivity index (χ0v) is 8.70. The molecule has 13 heavy (non-hydrogen) atoms. The minimum Gasteiger partial charge on any atom is -0.379 e. The van der Waals surface area contributed by atoms with Crippen LogP contribution in [-0.2, 0) is 4.74 Å². The van der Waals surface area contributed by atoms with Gasteiger partial charge in [-0.15, -0.1) is 0 Å². The van der Waals surface area contributed by atoms with Gasteiger partial charge < -0.3 is 10.1 Å². The van der Waals surface area contributed by atoms with Crippen LogP contribution >= 0.6 is 22.9 Å². The summed E-state index contributed by atoms with van der Waals surface area (Å²) in [6.45, 7) is 1.66. The molecule has 1 aromatic heterocycles. The van der Waals surface area contributed by atoms with Gasteiger partial charge in [-0.05, 0) is 12.8 Å². The highest BCUT2D eigenvalue weighted by molar-refractivity contribution is 7.19. The Labute approximate surface area is 86.1 Å². The molecule has 0 unspecified atom stereocenters. The van der Waals surface area contributed by atoms with Gasteiger partial charge in [-0.1, -0.05) is 22.9 Å². The smallest absolute Gasteiger partial charge is 0.184 e. The van der Waals surface area contributed by atoms with E-state index < -0.39 is 0 Å². The molecule has 1 aliphatic rings. The van der Waals surface area contributed by atoms with Crippen LogP contribution in [0.4, 0.5) is 5.13 Å². The second-order valence-corrected chi connectivity index (χ2v) is 4.69. The summed E-state index contributed by atoms with van der Waals surface area (Å²) in [5, 5.41) is 4.19. The van der Waals surface area contributed by atoms with E-state index in [2.05, 4.69) is 10.3 Å². The second-order valence-electron chi connectivity index (χ2n) is 3.03. The van der Waals surface area contributed by atoms with E-state index >= 15 is 0 Å². The van der Waals surface area contributed by atoms with Crippen LogP contribution in [0.25, 0.3) is 0 Å². The molecular weight excluding hydrogens is 208 g/mol. The Morgan fingerprint density at radius 3 is 3.23 bits per heavy atom. The van der Waals surface area contributed by atoms with Crippen molar-refractivity contribution in [2.45, 2.75) is 18.9 Å². The standard InChI is InChI=1S/C8H11ClN2OS/c9-7-4-10-8(13-7)11-6-2-1-3-12-5-6/h4,6H,1-3,5H2,(H,10,11)/t6-/m1/s1. The largest absolute Gasteiger partial charge is 0.379 e. The average Bonchev–Trinajstić information content (AvgIpc) is 2.53. The van der Waals surface area contributed by atoms with Gasteiger partial charge in [0.25, 0.3) is 0 Å². The van der Waals surface area contributed by atoms with Crippen LogP contribution in [0.1, 0.15) is 12.8 Å². The second kappa shape index (κ2) is 4.26. The summed E-state index contributed by atoms with van der Waals surface area (Å²) in [4.78, 5) is 4.13. The van der Waals surface area contributed by atoms with E-state index in [1.54, 1.807) is 6.20 Å². The normalized spacial score (nSPS) is 23.0. The molecule has 1 N–H and O–H groups in total. The van der Waals surface area contributed by atoms with Crippen LogP contribution in [0.2, 0.25) is 4.34 Å². The number of nitrogens with zero attached hydrogens (tertiary/aromatic N) is 1. The molecule has 0 amide bonds. The number of rotatable bonds is 2. The van der Waals surface area contributed by atoms with Crippen LogP contribution in [0, 0.1) is 0 Å². The molecule has 3 nitrogen and oxygen atoms in total. The van der Waals surface area contributed by atoms with E-state index in [0.29, 0.717) is 6.04 Å². The van der Waals surface area contributed by atoms with E-state index in [1.165, 1.54) is 11.3 Å². The first-order chi connectivity index (χ1) is 6.34. The van der Waals surface area contributed by atoms with Gasteiger partial charge in [-0.3, -0.25) is 0 Å². The van der Waals surface area contributed by atoms with Crippen LogP contribution < -0.4 is 5.32 Å². The SMILES string of the molecule is Clc1cnc(N[C@@H]2CCCOC2)s1. The topological polar surface area (TPSA) is 34.2 Å². The summed E-state index contributed by atoms with van der Waals surface area (Å²) in [5.74, 6) is 0. The van der Waals surface area contributed by atoms with E-state index in [1.807, 2.05) is 0 Å². The predicted molar refractivity (Wildman–Crippen MR) is 54.6 cm³/mol. The highest BCUT2D eigenvalue weighted by Gasteiger charge is 2.14. The zero-order valence-electron chi connectivity index (χ0n) is 7.12. The molecule has 0 radical (unpaired) electrons. The number of ether oxygens (including phenoxy) is 1. The summed E-state index contributed by atoms with van der Waals surface area (Å²) in [5.41, 5.74) is 0. The maximum absolute atomic E-state index is 5.76. The average molecular weight is 219 g/mol. The molecule has 1 aromatic rings. The number of thiazole rings is 1. The van der Waals surface area contributed by atoms with Gasteiger partial charge in [0.15, 0.2) is 5.13 Å². The van der Waals surface area contributed by atoms with Crippen molar-refractivity contribution in [2.24, 2.45) is 0 Å².